The highest BCUT2D eigenvalue weighted by Gasteiger charge is 2.55. The van der Waals surface area contributed by atoms with Crippen molar-refractivity contribution in [3.8, 4) is 0 Å². The van der Waals surface area contributed by atoms with Crippen LogP contribution in [0.4, 0.5) is 0 Å². The van der Waals surface area contributed by atoms with Crippen LogP contribution in [0, 0.1) is 5.92 Å². The molecule has 1 aliphatic heterocycles. The maximum absolute atomic E-state index is 12.8. The van der Waals surface area contributed by atoms with Crippen molar-refractivity contribution in [1.29, 1.82) is 0 Å². The first-order valence-corrected chi connectivity index (χ1v) is 17.0. The topological polar surface area (TPSA) is 91.8 Å². The van der Waals surface area contributed by atoms with Crippen LogP contribution in [-0.2, 0) is 18.6 Å². The summed E-state index contributed by atoms with van der Waals surface area (Å²) < 4.78 is 27.7. The van der Waals surface area contributed by atoms with Gasteiger partial charge in [0.05, 0.1) is 25.4 Å². The summed E-state index contributed by atoms with van der Waals surface area (Å²) in [6.07, 6.45) is -0.390. The van der Waals surface area contributed by atoms with Crippen molar-refractivity contribution in [2.24, 2.45) is 5.92 Å². The lowest BCUT2D eigenvalue weighted by molar-refractivity contribution is -0.0880. The smallest absolute Gasteiger partial charge is 0.330 e. The van der Waals surface area contributed by atoms with Gasteiger partial charge in [-0.05, 0) is 22.3 Å². The van der Waals surface area contributed by atoms with Gasteiger partial charge in [-0.3, -0.25) is 14.3 Å². The van der Waals surface area contributed by atoms with Crippen molar-refractivity contribution >= 4 is 41.3 Å². The molecule has 0 radical (unpaired) electrons. The highest BCUT2D eigenvalue weighted by molar-refractivity contribution is 14.1. The second kappa shape index (κ2) is 13.3. The molecule has 1 aromatic heterocycles. The molecule has 1 saturated heterocycles. The van der Waals surface area contributed by atoms with Gasteiger partial charge in [-0.25, -0.2) is 4.79 Å². The van der Waals surface area contributed by atoms with Crippen molar-refractivity contribution in [2.75, 3.05) is 24.8 Å². The molecule has 2 heterocycles. The Morgan fingerprint density at radius 3 is 2.10 bits per heavy atom. The largest absolute Gasteiger partial charge is 0.402 e. The van der Waals surface area contributed by atoms with Crippen molar-refractivity contribution in [2.45, 2.75) is 57.3 Å². The zero-order valence-electron chi connectivity index (χ0n) is 23.7. The summed E-state index contributed by atoms with van der Waals surface area (Å²) in [4.78, 5) is 27.0. The number of aromatic amines is 1. The van der Waals surface area contributed by atoms with Gasteiger partial charge in [0.1, 0.15) is 6.10 Å². The van der Waals surface area contributed by atoms with E-state index in [2.05, 4.69) is 104 Å². The highest BCUT2D eigenvalue weighted by Crippen LogP contribution is 2.42. The van der Waals surface area contributed by atoms with Crippen LogP contribution < -0.4 is 21.6 Å². The van der Waals surface area contributed by atoms with Crippen molar-refractivity contribution in [3.63, 3.8) is 0 Å². The van der Waals surface area contributed by atoms with E-state index in [4.69, 9.17) is 18.6 Å². The summed E-state index contributed by atoms with van der Waals surface area (Å²) >= 11 is 2.35. The van der Waals surface area contributed by atoms with Gasteiger partial charge >= 0.3 is 5.69 Å². The average Bonchev–Trinajstić information content (AvgIpc) is 3.30. The van der Waals surface area contributed by atoms with E-state index < -0.39 is 31.9 Å². The molecule has 1 unspecified atom stereocenters. The molecule has 5 atom stereocenters. The standard InChI is InChI=1S/C30H39IN2O6Si/c1-21(39-40(30(2,3)4,22-12-8-6-9-13-22)23-14-10-7-11-15-23)26-24(20-31)27(37-19-18-36-5)28(38-26)33-17-16-25(34)32-29(33)35/h6-17,21,24,26-28H,18-20H2,1-5H3,(H,32,34,35)/t21?,24-,26-,27-,28-/m1/s1. The first-order valence-electron chi connectivity index (χ1n) is 13.6. The van der Waals surface area contributed by atoms with Crippen LogP contribution in [0.2, 0.25) is 5.04 Å². The number of H-pyrrole nitrogens is 1. The molecule has 40 heavy (non-hydrogen) atoms. The third-order valence-corrected chi connectivity index (χ3v) is 13.7. The molecule has 0 spiro atoms. The SMILES string of the molecule is COCCO[C@@H]1[C@H](CI)[C@@H](C(C)O[Si](c2ccccc2)(c2ccccc2)C(C)(C)C)O[C@H]1n1ccc(=O)[nH]c1=O. The molecule has 2 aromatic carbocycles. The van der Waals surface area contributed by atoms with Gasteiger partial charge < -0.3 is 18.6 Å². The fourth-order valence-electron chi connectivity index (χ4n) is 5.73. The molecule has 0 bridgehead atoms. The lowest BCUT2D eigenvalue weighted by atomic mass is 9.97. The van der Waals surface area contributed by atoms with E-state index in [0.29, 0.717) is 13.2 Å². The molecule has 1 N–H and O–H groups in total. The van der Waals surface area contributed by atoms with Crippen LogP contribution in [0.15, 0.2) is 82.5 Å². The minimum absolute atomic E-state index is 0.0745. The Morgan fingerprint density at radius 2 is 1.60 bits per heavy atom. The van der Waals surface area contributed by atoms with Crippen LogP contribution in [0.3, 0.4) is 0 Å². The summed E-state index contributed by atoms with van der Waals surface area (Å²) in [5, 5.41) is 2.17. The minimum Gasteiger partial charge on any atom is -0.402 e. The van der Waals surface area contributed by atoms with Crippen LogP contribution in [0.5, 0.6) is 0 Å². The number of ether oxygens (including phenoxy) is 3. The number of nitrogens with zero attached hydrogens (tertiary/aromatic N) is 1. The molecule has 1 fully saturated rings. The number of rotatable bonds is 11. The fraction of sp³-hybridized carbons (Fsp3) is 0.467. The summed E-state index contributed by atoms with van der Waals surface area (Å²) in [5.41, 5.74) is -0.993. The second-order valence-electron chi connectivity index (χ2n) is 11.1. The first-order chi connectivity index (χ1) is 19.1. The van der Waals surface area contributed by atoms with Crippen molar-refractivity contribution < 1.29 is 18.6 Å². The zero-order valence-corrected chi connectivity index (χ0v) is 26.9. The molecule has 0 aliphatic carbocycles. The summed E-state index contributed by atoms with van der Waals surface area (Å²) in [6.45, 7) is 9.57. The molecule has 0 saturated carbocycles. The molecule has 216 valence electrons. The maximum Gasteiger partial charge on any atom is 0.330 e. The van der Waals surface area contributed by atoms with Gasteiger partial charge in [0.25, 0.3) is 13.9 Å². The third-order valence-electron chi connectivity index (χ3n) is 7.56. The molecule has 4 rings (SSSR count). The number of methoxy groups -OCH3 is 1. The van der Waals surface area contributed by atoms with Crippen LogP contribution >= 0.6 is 22.6 Å². The molecule has 8 nitrogen and oxygen atoms in total. The Bertz CT molecular complexity index is 1300. The number of alkyl halides is 1. The Kier molecular flexibility index (Phi) is 10.2. The molecule has 3 aromatic rings. The Balaban J connectivity index is 1.77. The van der Waals surface area contributed by atoms with E-state index >= 15 is 0 Å². The van der Waals surface area contributed by atoms with Crippen LogP contribution in [-0.4, -0.2) is 60.9 Å². The van der Waals surface area contributed by atoms with Gasteiger partial charge in [-0.1, -0.05) is 104 Å². The third kappa shape index (κ3) is 6.21. The predicted molar refractivity (Wildman–Crippen MR) is 167 cm³/mol. The molecular weight excluding hydrogens is 639 g/mol. The number of hydrogen-bond acceptors (Lipinski definition) is 6. The van der Waals surface area contributed by atoms with E-state index in [0.717, 1.165) is 4.43 Å². The number of halogens is 1. The Hall–Kier alpha value is -2.09. The Morgan fingerprint density at radius 1 is 1.00 bits per heavy atom. The van der Waals surface area contributed by atoms with Gasteiger partial charge in [0.2, 0.25) is 0 Å². The average molecular weight is 679 g/mol. The van der Waals surface area contributed by atoms with E-state index in [9.17, 15) is 9.59 Å². The summed E-state index contributed by atoms with van der Waals surface area (Å²) in [6, 6.07) is 22.3. The lowest BCUT2D eigenvalue weighted by Crippen LogP contribution is -2.68. The maximum atomic E-state index is 12.8. The van der Waals surface area contributed by atoms with Crippen LogP contribution in [0.25, 0.3) is 0 Å². The lowest BCUT2D eigenvalue weighted by Gasteiger charge is -2.45. The van der Waals surface area contributed by atoms with Crippen molar-refractivity contribution in [1.82, 2.24) is 9.55 Å². The number of benzene rings is 2. The van der Waals surface area contributed by atoms with E-state index in [-0.39, 0.29) is 23.2 Å². The number of aromatic nitrogens is 2. The quantitative estimate of drug-likeness (QED) is 0.145. The van der Waals surface area contributed by atoms with E-state index in [1.807, 2.05) is 12.1 Å². The van der Waals surface area contributed by atoms with Gasteiger partial charge in [0.15, 0.2) is 6.23 Å². The van der Waals surface area contributed by atoms with Gasteiger partial charge in [-0.2, -0.15) is 0 Å². The normalized spacial score (nSPS) is 22.4. The first kappa shape index (κ1) is 30.9. The minimum atomic E-state index is -2.85. The summed E-state index contributed by atoms with van der Waals surface area (Å²) in [7, 11) is -1.23. The van der Waals surface area contributed by atoms with E-state index in [1.165, 1.54) is 27.2 Å². The van der Waals surface area contributed by atoms with E-state index in [1.54, 1.807) is 7.11 Å². The molecule has 10 heteroatoms. The van der Waals surface area contributed by atoms with Gasteiger partial charge in [-0.15, -0.1) is 0 Å². The summed E-state index contributed by atoms with van der Waals surface area (Å²) in [5.74, 6) is -0.0745. The molecule has 1 aliphatic rings. The predicted octanol–water partition coefficient (Wildman–Crippen LogP) is 3.48. The molecular formula is C30H39IN2O6Si. The number of nitrogens with one attached hydrogen (secondary N) is 1. The number of hydrogen-bond donors (Lipinski definition) is 1. The monoisotopic (exact) mass is 678 g/mol. The highest BCUT2D eigenvalue weighted by atomic mass is 127. The fourth-order valence-corrected chi connectivity index (χ4v) is 11.4. The second-order valence-corrected chi connectivity index (χ2v) is 16.3. The van der Waals surface area contributed by atoms with Crippen LogP contribution in [0.1, 0.15) is 33.9 Å². The van der Waals surface area contributed by atoms with Gasteiger partial charge in [0, 0.05) is 29.7 Å². The van der Waals surface area contributed by atoms with Crippen molar-refractivity contribution in [3.05, 3.63) is 93.8 Å². The zero-order chi connectivity index (χ0) is 28.9. The molecule has 0 amide bonds. The Labute approximate surface area is 250 Å².